The smallest absolute Gasteiger partial charge is 0.257 e. The van der Waals surface area contributed by atoms with Gasteiger partial charge in [0.2, 0.25) is 0 Å². The summed E-state index contributed by atoms with van der Waals surface area (Å²) in [7, 11) is -2.81. The van der Waals surface area contributed by atoms with Crippen molar-refractivity contribution in [1.82, 2.24) is 0 Å². The lowest BCUT2D eigenvalue weighted by molar-refractivity contribution is 0.428. The van der Waals surface area contributed by atoms with Crippen molar-refractivity contribution in [3.8, 4) is 0 Å². The zero-order chi connectivity index (χ0) is 11.3. The van der Waals surface area contributed by atoms with E-state index in [0.29, 0.717) is 5.92 Å². The van der Waals surface area contributed by atoms with Gasteiger partial charge in [0.25, 0.3) is 11.0 Å². The van der Waals surface area contributed by atoms with Crippen molar-refractivity contribution in [2.75, 3.05) is 0 Å². The Balaban J connectivity index is 2.76. The summed E-state index contributed by atoms with van der Waals surface area (Å²) in [6.45, 7) is 5.51. The molecule has 0 heterocycles. The van der Waals surface area contributed by atoms with Crippen LogP contribution in [0.3, 0.4) is 0 Å². The maximum Gasteiger partial charge on any atom is 0.257 e. The average molecular weight is 227 g/mol. The maximum atomic E-state index is 10.3. The first-order valence-corrected chi connectivity index (χ1v) is 5.91. The van der Waals surface area contributed by atoms with Crippen LogP contribution in [0, 0.1) is 12.5 Å². The van der Waals surface area contributed by atoms with Crippen LogP contribution in [0.15, 0.2) is 24.3 Å². The second-order valence-corrected chi connectivity index (χ2v) is 4.40. The average Bonchev–Trinajstić information content (AvgIpc) is 2.15. The molecule has 0 N–H and O–H groups in total. The highest BCUT2D eigenvalue weighted by molar-refractivity contribution is 7.67. The number of hydrogen-bond acceptors (Lipinski definition) is 3. The maximum absolute atomic E-state index is 10.3. The Bertz CT molecular complexity index is 375. The summed E-state index contributed by atoms with van der Waals surface area (Å²) in [5.74, 6) is 0.528. The van der Waals surface area contributed by atoms with Crippen LogP contribution in [0.25, 0.3) is 0 Å². The molecule has 1 radical (unpaired) electrons. The fraction of sp³-hybridized carbons (Fsp3) is 0.364. The van der Waals surface area contributed by atoms with Gasteiger partial charge in [-0.15, -0.1) is 0 Å². The molecule has 0 fully saturated rings. The summed E-state index contributed by atoms with van der Waals surface area (Å²) in [4.78, 5) is 0. The lowest BCUT2D eigenvalue weighted by atomic mass is 9.98. The van der Waals surface area contributed by atoms with E-state index >= 15 is 0 Å². The fourth-order valence-electron chi connectivity index (χ4n) is 1.37. The first kappa shape index (κ1) is 12.2. The topological polar surface area (TPSA) is 43.4 Å². The number of benzene rings is 1. The van der Waals surface area contributed by atoms with E-state index in [9.17, 15) is 8.42 Å². The molecule has 0 saturated carbocycles. The van der Waals surface area contributed by atoms with Crippen LogP contribution in [0.2, 0.25) is 0 Å². The Morgan fingerprint density at radius 1 is 1.33 bits per heavy atom. The zero-order valence-electron chi connectivity index (χ0n) is 8.84. The lowest BCUT2D eigenvalue weighted by Crippen LogP contribution is -1.99. The van der Waals surface area contributed by atoms with Gasteiger partial charge in [-0.2, -0.15) is 0 Å². The molecule has 0 amide bonds. The molecule has 0 aliphatic rings. The Kier molecular flexibility index (Phi) is 4.78. The van der Waals surface area contributed by atoms with Crippen LogP contribution in [0.1, 0.15) is 25.0 Å². The number of hydrogen-bond donors (Lipinski definition) is 1. The highest BCUT2D eigenvalue weighted by Gasteiger charge is 2.05. The summed E-state index contributed by atoms with van der Waals surface area (Å²) in [5, 5.41) is 0. The monoisotopic (exact) mass is 227 g/mol. The zero-order valence-corrected chi connectivity index (χ0v) is 9.74. The molecule has 0 unspecified atom stereocenters. The first-order valence-electron chi connectivity index (χ1n) is 4.82. The lowest BCUT2D eigenvalue weighted by Gasteiger charge is -2.09. The van der Waals surface area contributed by atoms with E-state index in [4.69, 9.17) is 0 Å². The van der Waals surface area contributed by atoms with Gasteiger partial charge < -0.3 is 0 Å². The van der Waals surface area contributed by atoms with Crippen molar-refractivity contribution >= 4 is 11.0 Å². The molecule has 0 saturated heterocycles. The molecule has 1 aromatic rings. The van der Waals surface area contributed by atoms with Crippen LogP contribution < -0.4 is 0 Å². The molecule has 4 heteroatoms. The third-order valence-corrected chi connectivity index (χ3v) is 2.23. The molecule has 0 aliphatic carbocycles. The SMILES string of the molecule is CC(C)Cc1ccccc1[CH]O[SH](=O)=O. The van der Waals surface area contributed by atoms with Gasteiger partial charge in [-0.3, -0.25) is 4.18 Å². The van der Waals surface area contributed by atoms with Gasteiger partial charge in [0, 0.05) is 0 Å². The normalized spacial score (nSPS) is 11.2. The van der Waals surface area contributed by atoms with Gasteiger partial charge in [-0.1, -0.05) is 38.1 Å². The molecule has 1 aromatic carbocycles. The van der Waals surface area contributed by atoms with Crippen LogP contribution in [-0.2, 0) is 21.6 Å². The van der Waals surface area contributed by atoms with E-state index in [1.165, 1.54) is 6.61 Å². The van der Waals surface area contributed by atoms with Crippen molar-refractivity contribution in [1.29, 1.82) is 0 Å². The number of thiol groups is 1. The Morgan fingerprint density at radius 2 is 2.00 bits per heavy atom. The largest absolute Gasteiger partial charge is 0.261 e. The number of rotatable bonds is 5. The van der Waals surface area contributed by atoms with Crippen molar-refractivity contribution in [2.24, 2.45) is 5.92 Å². The van der Waals surface area contributed by atoms with Crippen molar-refractivity contribution in [3.63, 3.8) is 0 Å². The predicted molar refractivity (Wildman–Crippen MR) is 59.8 cm³/mol. The quantitative estimate of drug-likeness (QED) is 0.782. The summed E-state index contributed by atoms with van der Waals surface area (Å²) >= 11 is 0. The standard InChI is InChI=1S/C11H15O3S/c1-9(2)7-10-5-3-4-6-11(10)8-14-15(12)13/h3-6,8-9,15H,7H2,1-2H3. The van der Waals surface area contributed by atoms with Crippen LogP contribution in [0.4, 0.5) is 0 Å². The van der Waals surface area contributed by atoms with E-state index in [1.54, 1.807) is 0 Å². The van der Waals surface area contributed by atoms with Crippen LogP contribution in [-0.4, -0.2) is 8.42 Å². The minimum atomic E-state index is -2.81. The van der Waals surface area contributed by atoms with E-state index in [1.807, 2.05) is 24.3 Å². The van der Waals surface area contributed by atoms with Crippen LogP contribution in [0.5, 0.6) is 0 Å². The molecule has 3 nitrogen and oxygen atoms in total. The summed E-state index contributed by atoms with van der Waals surface area (Å²) in [5.41, 5.74) is 1.93. The predicted octanol–water partition coefficient (Wildman–Crippen LogP) is 1.94. The molecule has 0 aromatic heterocycles. The van der Waals surface area contributed by atoms with Crippen molar-refractivity contribution < 1.29 is 12.6 Å². The second-order valence-electron chi connectivity index (χ2n) is 3.74. The summed E-state index contributed by atoms with van der Waals surface area (Å²) in [6, 6.07) is 7.62. The first-order chi connectivity index (χ1) is 7.09. The molecule has 1 rings (SSSR count). The molecule has 83 valence electrons. The molecule has 0 bridgehead atoms. The van der Waals surface area contributed by atoms with Gasteiger partial charge in [0.15, 0.2) is 0 Å². The minimum absolute atomic E-state index is 0.528. The Hall–Kier alpha value is -0.870. The van der Waals surface area contributed by atoms with Gasteiger partial charge in [0.1, 0.15) is 6.61 Å². The highest BCUT2D eigenvalue weighted by atomic mass is 32.2. The van der Waals surface area contributed by atoms with Crippen molar-refractivity contribution in [3.05, 3.63) is 42.0 Å². The summed E-state index contributed by atoms with van der Waals surface area (Å²) in [6.07, 6.45) is 0.908. The van der Waals surface area contributed by atoms with Gasteiger partial charge >= 0.3 is 0 Å². The van der Waals surface area contributed by atoms with Crippen molar-refractivity contribution in [2.45, 2.75) is 20.3 Å². The molecule has 0 atom stereocenters. The third kappa shape index (κ3) is 4.44. The molecular weight excluding hydrogens is 212 g/mol. The Labute approximate surface area is 92.2 Å². The molecule has 15 heavy (non-hydrogen) atoms. The fourth-order valence-corrected chi connectivity index (χ4v) is 1.57. The molecular formula is C11H15O3S. The molecule has 0 aliphatic heterocycles. The highest BCUT2D eigenvalue weighted by Crippen LogP contribution is 2.15. The van der Waals surface area contributed by atoms with Crippen LogP contribution >= 0.6 is 0 Å². The second kappa shape index (κ2) is 5.88. The van der Waals surface area contributed by atoms with E-state index in [-0.39, 0.29) is 0 Å². The summed E-state index contributed by atoms with van der Waals surface area (Å²) < 4.78 is 25.1. The van der Waals surface area contributed by atoms with Gasteiger partial charge in [-0.05, 0) is 23.5 Å². The third-order valence-electron chi connectivity index (χ3n) is 1.95. The minimum Gasteiger partial charge on any atom is -0.261 e. The van der Waals surface area contributed by atoms with E-state index < -0.39 is 11.0 Å². The van der Waals surface area contributed by atoms with Gasteiger partial charge in [0.05, 0.1) is 0 Å². The van der Waals surface area contributed by atoms with E-state index in [0.717, 1.165) is 17.5 Å². The molecule has 0 spiro atoms. The van der Waals surface area contributed by atoms with E-state index in [2.05, 4.69) is 18.0 Å². The Morgan fingerprint density at radius 3 is 2.60 bits per heavy atom. The van der Waals surface area contributed by atoms with Gasteiger partial charge in [-0.25, -0.2) is 8.42 Å².